The molecule has 0 unspecified atom stereocenters. The summed E-state index contributed by atoms with van der Waals surface area (Å²) in [5.41, 5.74) is 10.4. The molecule has 0 aliphatic rings. The van der Waals surface area contributed by atoms with Crippen LogP contribution in [0.5, 0.6) is 0 Å². The van der Waals surface area contributed by atoms with Crippen molar-refractivity contribution in [1.29, 1.82) is 0 Å². The first-order valence-corrected chi connectivity index (χ1v) is 7.52. The Balaban J connectivity index is 0.00000220. The lowest BCUT2D eigenvalue weighted by molar-refractivity contribution is 0.583. The van der Waals surface area contributed by atoms with E-state index in [9.17, 15) is 8.42 Å². The van der Waals surface area contributed by atoms with E-state index < -0.39 is 10.0 Å². The monoisotopic (exact) mass is 328 g/mol. The van der Waals surface area contributed by atoms with Gasteiger partial charge >= 0.3 is 0 Å². The predicted octanol–water partition coefficient (Wildman–Crippen LogP) is 0.813. The molecule has 0 bridgehead atoms. The molecule has 2 aromatic carbocycles. The minimum atomic E-state index is -3.59. The molecule has 114 valence electrons. The van der Waals surface area contributed by atoms with Gasteiger partial charge in [0.05, 0.1) is 11.4 Å². The molecule has 0 saturated carbocycles. The van der Waals surface area contributed by atoms with Gasteiger partial charge in [-0.3, -0.25) is 4.99 Å². The molecule has 0 aliphatic carbocycles. The highest BCUT2D eigenvalue weighted by molar-refractivity contribution is 7.89. The number of halogens is 1. The summed E-state index contributed by atoms with van der Waals surface area (Å²) in [5, 5.41) is 1.56. The Hall–Kier alpha value is -1.83. The summed E-state index contributed by atoms with van der Waals surface area (Å²) in [6.07, 6.45) is 0. The average Bonchev–Trinajstić information content (AvgIpc) is 2.43. The molecular formula is C13H17ClN4O2S. The smallest absolute Gasteiger partial charge is 0.241 e. The minimum absolute atomic E-state index is 0. The van der Waals surface area contributed by atoms with Crippen LogP contribution in [-0.2, 0) is 10.0 Å². The average molecular weight is 329 g/mol. The molecule has 6 nitrogen and oxygen atoms in total. The topological polar surface area (TPSA) is 111 Å². The van der Waals surface area contributed by atoms with Gasteiger partial charge in [-0.2, -0.15) is 0 Å². The van der Waals surface area contributed by atoms with Crippen LogP contribution in [0.15, 0.2) is 52.4 Å². The number of guanidine groups is 1. The third-order valence-electron chi connectivity index (χ3n) is 2.74. The summed E-state index contributed by atoms with van der Waals surface area (Å²) in [6, 6.07) is 12.5. The summed E-state index contributed by atoms with van der Waals surface area (Å²) in [4.78, 5) is 3.98. The highest BCUT2D eigenvalue weighted by atomic mass is 35.5. The Morgan fingerprint density at radius 1 is 1.10 bits per heavy atom. The van der Waals surface area contributed by atoms with Crippen LogP contribution in [0.1, 0.15) is 0 Å². The number of hydrogen-bond acceptors (Lipinski definition) is 3. The Morgan fingerprint density at radius 3 is 2.48 bits per heavy atom. The highest BCUT2D eigenvalue weighted by Gasteiger charge is 2.15. The lowest BCUT2D eigenvalue weighted by Crippen LogP contribution is -2.29. The quantitative estimate of drug-likeness (QED) is 0.428. The molecule has 8 heteroatoms. The summed E-state index contributed by atoms with van der Waals surface area (Å²) in [6.45, 7) is 0.343. The van der Waals surface area contributed by atoms with E-state index in [0.29, 0.717) is 5.39 Å². The summed E-state index contributed by atoms with van der Waals surface area (Å²) >= 11 is 0. The lowest BCUT2D eigenvalue weighted by Gasteiger charge is -2.08. The maximum absolute atomic E-state index is 12.3. The van der Waals surface area contributed by atoms with E-state index in [1.54, 1.807) is 24.3 Å². The molecule has 0 aromatic heterocycles. The van der Waals surface area contributed by atoms with Crippen molar-refractivity contribution in [3.63, 3.8) is 0 Å². The van der Waals surface area contributed by atoms with Gasteiger partial charge in [-0.05, 0) is 11.5 Å². The van der Waals surface area contributed by atoms with Gasteiger partial charge in [0.2, 0.25) is 10.0 Å². The van der Waals surface area contributed by atoms with Gasteiger partial charge < -0.3 is 11.5 Å². The van der Waals surface area contributed by atoms with Crippen LogP contribution in [0.2, 0.25) is 0 Å². The molecule has 21 heavy (non-hydrogen) atoms. The van der Waals surface area contributed by atoms with Crippen molar-refractivity contribution in [3.8, 4) is 0 Å². The number of sulfonamides is 1. The van der Waals surface area contributed by atoms with Gasteiger partial charge in [-0.25, -0.2) is 13.1 Å². The fourth-order valence-corrected chi connectivity index (χ4v) is 3.12. The van der Waals surface area contributed by atoms with Crippen molar-refractivity contribution in [1.82, 2.24) is 4.72 Å². The van der Waals surface area contributed by atoms with E-state index in [4.69, 9.17) is 11.5 Å². The van der Waals surface area contributed by atoms with E-state index >= 15 is 0 Å². The van der Waals surface area contributed by atoms with E-state index in [1.807, 2.05) is 18.2 Å². The summed E-state index contributed by atoms with van der Waals surface area (Å²) in [5.74, 6) is -0.0608. The molecule has 0 aliphatic heterocycles. The van der Waals surface area contributed by atoms with Crippen molar-refractivity contribution in [2.24, 2.45) is 16.5 Å². The SMILES string of the molecule is Cl.NC(N)=NCCNS(=O)(=O)c1cccc2ccccc12. The van der Waals surface area contributed by atoms with Crippen molar-refractivity contribution >= 4 is 39.2 Å². The van der Waals surface area contributed by atoms with Crippen molar-refractivity contribution in [2.75, 3.05) is 13.1 Å². The third-order valence-corrected chi connectivity index (χ3v) is 4.26. The van der Waals surface area contributed by atoms with Gasteiger partial charge in [0.15, 0.2) is 5.96 Å². The first-order valence-electron chi connectivity index (χ1n) is 6.03. The van der Waals surface area contributed by atoms with Crippen molar-refractivity contribution < 1.29 is 8.42 Å². The molecule has 0 fully saturated rings. The Morgan fingerprint density at radius 2 is 1.76 bits per heavy atom. The second-order valence-electron chi connectivity index (χ2n) is 4.18. The standard InChI is InChI=1S/C13H16N4O2S.ClH/c14-13(15)16-8-9-17-20(18,19)12-7-3-5-10-4-1-2-6-11(10)12;/h1-7,17H,8-9H2,(H4,14,15,16);1H. The predicted molar refractivity (Wildman–Crippen MR) is 87.1 cm³/mol. The van der Waals surface area contributed by atoms with E-state index in [0.717, 1.165) is 5.39 Å². The first-order chi connectivity index (χ1) is 9.50. The molecule has 0 saturated heterocycles. The van der Waals surface area contributed by atoms with Crippen molar-refractivity contribution in [3.05, 3.63) is 42.5 Å². The number of hydrogen-bond donors (Lipinski definition) is 3. The zero-order valence-electron chi connectivity index (χ0n) is 11.2. The normalized spacial score (nSPS) is 10.9. The molecule has 5 N–H and O–H groups in total. The largest absolute Gasteiger partial charge is 0.370 e. The van der Waals surface area contributed by atoms with Gasteiger partial charge in [0.1, 0.15) is 0 Å². The molecule has 0 heterocycles. The number of aliphatic imine (C=N–C) groups is 1. The number of nitrogens with zero attached hydrogens (tertiary/aromatic N) is 1. The fraction of sp³-hybridized carbons (Fsp3) is 0.154. The Labute approximate surface area is 129 Å². The van der Waals surface area contributed by atoms with E-state index in [2.05, 4.69) is 9.71 Å². The number of nitrogens with one attached hydrogen (secondary N) is 1. The molecule has 0 amide bonds. The van der Waals surface area contributed by atoms with E-state index in [1.165, 1.54) is 0 Å². The molecular weight excluding hydrogens is 312 g/mol. The number of fused-ring (bicyclic) bond motifs is 1. The van der Waals surface area contributed by atoms with Crippen LogP contribution in [0.25, 0.3) is 10.8 Å². The van der Waals surface area contributed by atoms with Crippen LogP contribution in [-0.4, -0.2) is 27.5 Å². The van der Waals surface area contributed by atoms with E-state index in [-0.39, 0.29) is 36.4 Å². The second-order valence-corrected chi connectivity index (χ2v) is 5.92. The number of rotatable bonds is 5. The van der Waals surface area contributed by atoms with Crippen LogP contribution in [0, 0.1) is 0 Å². The maximum atomic E-state index is 12.3. The molecule has 2 aromatic rings. The van der Waals surface area contributed by atoms with Gasteiger partial charge in [0, 0.05) is 11.9 Å². The second kappa shape index (κ2) is 7.26. The summed E-state index contributed by atoms with van der Waals surface area (Å²) < 4.78 is 27.0. The molecule has 0 radical (unpaired) electrons. The number of nitrogens with two attached hydrogens (primary N) is 2. The van der Waals surface area contributed by atoms with Gasteiger partial charge in [-0.1, -0.05) is 36.4 Å². The first kappa shape index (κ1) is 17.2. The van der Waals surface area contributed by atoms with Crippen LogP contribution < -0.4 is 16.2 Å². The summed E-state index contributed by atoms with van der Waals surface area (Å²) in [7, 11) is -3.59. The highest BCUT2D eigenvalue weighted by Crippen LogP contribution is 2.22. The lowest BCUT2D eigenvalue weighted by atomic mass is 10.1. The van der Waals surface area contributed by atoms with Gasteiger partial charge in [-0.15, -0.1) is 12.4 Å². The Bertz CT molecular complexity index is 737. The fourth-order valence-electron chi connectivity index (χ4n) is 1.87. The zero-order chi connectivity index (χ0) is 14.6. The van der Waals surface area contributed by atoms with Crippen LogP contribution in [0.3, 0.4) is 0 Å². The molecule has 0 spiro atoms. The van der Waals surface area contributed by atoms with Crippen LogP contribution in [0.4, 0.5) is 0 Å². The van der Waals surface area contributed by atoms with Crippen molar-refractivity contribution in [2.45, 2.75) is 4.90 Å². The maximum Gasteiger partial charge on any atom is 0.241 e. The third kappa shape index (κ3) is 4.32. The molecule has 0 atom stereocenters. The minimum Gasteiger partial charge on any atom is -0.370 e. The van der Waals surface area contributed by atoms with Crippen LogP contribution >= 0.6 is 12.4 Å². The van der Waals surface area contributed by atoms with Gasteiger partial charge in [0.25, 0.3) is 0 Å². The number of benzene rings is 2. The Kier molecular flexibility index (Phi) is 5.95. The zero-order valence-corrected chi connectivity index (χ0v) is 12.8. The molecule has 2 rings (SSSR count).